The number of nitrogens with zero attached hydrogens (tertiary/aromatic N) is 3. The molecule has 1 aliphatic heterocycles. The Labute approximate surface area is 139 Å². The van der Waals surface area contributed by atoms with Crippen molar-refractivity contribution in [2.45, 2.75) is 45.1 Å². The third-order valence-corrected chi connectivity index (χ3v) is 4.65. The second kappa shape index (κ2) is 6.29. The lowest BCUT2D eigenvalue weighted by molar-refractivity contribution is -0.141. The van der Waals surface area contributed by atoms with Crippen LogP contribution < -0.4 is 5.32 Å². The molecule has 0 spiro atoms. The van der Waals surface area contributed by atoms with E-state index in [1.807, 2.05) is 12.1 Å². The molecular weight excluding hydrogens is 317 g/mol. The van der Waals surface area contributed by atoms with E-state index in [4.69, 9.17) is 0 Å². The highest BCUT2D eigenvalue weighted by Crippen LogP contribution is 2.30. The molecule has 1 aromatic carbocycles. The number of piperazine rings is 1. The van der Waals surface area contributed by atoms with Crippen LogP contribution in [0.2, 0.25) is 0 Å². The fourth-order valence-corrected chi connectivity index (χ4v) is 3.21. The van der Waals surface area contributed by atoms with Crippen molar-refractivity contribution in [3.8, 4) is 0 Å². The predicted molar refractivity (Wildman–Crippen MR) is 86.6 cm³/mol. The smallest absolute Gasteiger partial charge is 0.311 e. The summed E-state index contributed by atoms with van der Waals surface area (Å²) in [5.74, 6) is 0. The zero-order valence-corrected chi connectivity index (χ0v) is 13.9. The monoisotopic (exact) mass is 338 g/mol. The summed E-state index contributed by atoms with van der Waals surface area (Å²) in [6.07, 6.45) is -3.67. The molecule has 4 nitrogen and oxygen atoms in total. The van der Waals surface area contributed by atoms with E-state index in [-0.39, 0.29) is 11.6 Å². The molecule has 0 aliphatic carbocycles. The highest BCUT2D eigenvalue weighted by atomic mass is 19.4. The Kier molecular flexibility index (Phi) is 4.48. The van der Waals surface area contributed by atoms with Crippen molar-refractivity contribution < 1.29 is 13.2 Å². The number of alkyl halides is 3. The molecule has 2 heterocycles. The molecule has 1 fully saturated rings. The van der Waals surface area contributed by atoms with Gasteiger partial charge in [-0.15, -0.1) is 0 Å². The maximum Gasteiger partial charge on any atom is 0.434 e. The third kappa shape index (κ3) is 3.37. The van der Waals surface area contributed by atoms with Crippen molar-refractivity contribution in [3.05, 3.63) is 35.7 Å². The number of aromatic nitrogens is 2. The molecular formula is C17H21F3N4. The number of benzene rings is 1. The molecule has 3 rings (SSSR count). The fraction of sp³-hybridized carbons (Fsp3) is 0.529. The van der Waals surface area contributed by atoms with Crippen LogP contribution in [0, 0.1) is 0 Å². The van der Waals surface area contributed by atoms with Gasteiger partial charge in [-0.3, -0.25) is 9.88 Å². The van der Waals surface area contributed by atoms with Crippen molar-refractivity contribution in [1.29, 1.82) is 0 Å². The van der Waals surface area contributed by atoms with Gasteiger partial charge in [-0.1, -0.05) is 6.07 Å². The average Bonchev–Trinajstić information content (AvgIpc) is 2.54. The summed E-state index contributed by atoms with van der Waals surface area (Å²) in [4.78, 5) is 10.0. The van der Waals surface area contributed by atoms with Gasteiger partial charge in [0.25, 0.3) is 0 Å². The van der Waals surface area contributed by atoms with E-state index >= 15 is 0 Å². The molecule has 0 radical (unpaired) electrons. The first kappa shape index (κ1) is 17.1. The molecule has 0 saturated carbocycles. The summed E-state index contributed by atoms with van der Waals surface area (Å²) < 4.78 is 38.2. The van der Waals surface area contributed by atoms with Crippen LogP contribution in [0.1, 0.15) is 38.1 Å². The maximum atomic E-state index is 12.7. The summed E-state index contributed by atoms with van der Waals surface area (Å²) in [6, 6.07) is 6.29. The van der Waals surface area contributed by atoms with Gasteiger partial charge in [0, 0.05) is 31.2 Å². The predicted octanol–water partition coefficient (Wildman–Crippen LogP) is 3.39. The van der Waals surface area contributed by atoms with Crippen LogP contribution >= 0.6 is 0 Å². The zero-order chi connectivity index (χ0) is 17.5. The van der Waals surface area contributed by atoms with E-state index in [0.717, 1.165) is 24.8 Å². The lowest BCUT2D eigenvalue weighted by atomic mass is 10.0. The fourth-order valence-electron chi connectivity index (χ4n) is 3.21. The molecule has 1 unspecified atom stereocenters. The summed E-state index contributed by atoms with van der Waals surface area (Å²) in [5, 5.41) is 3.45. The van der Waals surface area contributed by atoms with Gasteiger partial charge >= 0.3 is 6.18 Å². The number of hydrogen-bond acceptors (Lipinski definition) is 4. The van der Waals surface area contributed by atoms with Crippen LogP contribution in [0.15, 0.2) is 24.4 Å². The lowest BCUT2D eigenvalue weighted by Gasteiger charge is -2.41. The van der Waals surface area contributed by atoms with Crippen LogP contribution in [-0.2, 0) is 6.18 Å². The SMILES string of the molecule is CC(c1ccc2nc(C(F)(F)F)cnc2c1)N1C[C@H](C)NC[C@H]1C. The van der Waals surface area contributed by atoms with Gasteiger partial charge in [-0.2, -0.15) is 13.2 Å². The maximum absolute atomic E-state index is 12.7. The molecule has 2 aromatic rings. The van der Waals surface area contributed by atoms with E-state index in [0.29, 0.717) is 17.6 Å². The topological polar surface area (TPSA) is 41.1 Å². The molecule has 3 atom stereocenters. The largest absolute Gasteiger partial charge is 0.434 e. The Balaban J connectivity index is 1.90. The molecule has 24 heavy (non-hydrogen) atoms. The summed E-state index contributed by atoms with van der Waals surface area (Å²) in [6.45, 7) is 8.29. The van der Waals surface area contributed by atoms with Gasteiger partial charge < -0.3 is 5.32 Å². The van der Waals surface area contributed by atoms with Crippen molar-refractivity contribution in [2.24, 2.45) is 0 Å². The number of halogens is 3. The van der Waals surface area contributed by atoms with Crippen LogP contribution in [0.25, 0.3) is 11.0 Å². The van der Waals surface area contributed by atoms with E-state index in [1.54, 1.807) is 6.07 Å². The van der Waals surface area contributed by atoms with E-state index < -0.39 is 11.9 Å². The summed E-state index contributed by atoms with van der Waals surface area (Å²) in [5.41, 5.74) is 0.837. The average molecular weight is 338 g/mol. The minimum atomic E-state index is -4.47. The van der Waals surface area contributed by atoms with Gasteiger partial charge in [-0.25, -0.2) is 4.98 Å². The Morgan fingerprint density at radius 2 is 2.00 bits per heavy atom. The van der Waals surface area contributed by atoms with Crippen molar-refractivity contribution in [1.82, 2.24) is 20.2 Å². The first-order chi connectivity index (χ1) is 11.3. The van der Waals surface area contributed by atoms with Crippen LogP contribution in [0.5, 0.6) is 0 Å². The van der Waals surface area contributed by atoms with Crippen LogP contribution in [0.3, 0.4) is 0 Å². The highest BCUT2D eigenvalue weighted by Gasteiger charge is 2.33. The molecule has 0 bridgehead atoms. The van der Waals surface area contributed by atoms with Crippen LogP contribution in [0.4, 0.5) is 13.2 Å². The molecule has 1 saturated heterocycles. The van der Waals surface area contributed by atoms with Crippen molar-refractivity contribution >= 4 is 11.0 Å². The summed E-state index contributed by atoms with van der Waals surface area (Å²) in [7, 11) is 0. The minimum absolute atomic E-state index is 0.165. The van der Waals surface area contributed by atoms with Gasteiger partial charge in [0.15, 0.2) is 5.69 Å². The Morgan fingerprint density at radius 3 is 2.71 bits per heavy atom. The normalized spacial score (nSPS) is 24.2. The number of nitrogens with one attached hydrogen (secondary N) is 1. The summed E-state index contributed by atoms with van der Waals surface area (Å²) >= 11 is 0. The van der Waals surface area contributed by atoms with Crippen molar-refractivity contribution in [3.63, 3.8) is 0 Å². The number of rotatable bonds is 2. The van der Waals surface area contributed by atoms with Gasteiger partial charge in [0.2, 0.25) is 0 Å². The molecule has 130 valence electrons. The van der Waals surface area contributed by atoms with E-state index in [2.05, 4.69) is 41.0 Å². The molecule has 7 heteroatoms. The van der Waals surface area contributed by atoms with Gasteiger partial charge in [0.05, 0.1) is 17.2 Å². The van der Waals surface area contributed by atoms with Gasteiger partial charge in [-0.05, 0) is 38.5 Å². The molecule has 1 aliphatic rings. The Bertz CT molecular complexity index is 731. The van der Waals surface area contributed by atoms with Crippen molar-refractivity contribution in [2.75, 3.05) is 13.1 Å². The van der Waals surface area contributed by atoms with E-state index in [9.17, 15) is 13.2 Å². The third-order valence-electron chi connectivity index (χ3n) is 4.65. The standard InChI is InChI=1S/C17H21F3N4/c1-10-9-24(11(2)7-21-10)12(3)13-4-5-14-15(6-13)22-8-16(23-14)17(18,19)20/h4-6,8,10-12,21H,7,9H2,1-3H3/t10-,11+,12?/m0/s1. The minimum Gasteiger partial charge on any atom is -0.311 e. The molecule has 1 N–H and O–H groups in total. The highest BCUT2D eigenvalue weighted by molar-refractivity contribution is 5.75. The second-order valence-corrected chi connectivity index (χ2v) is 6.53. The Morgan fingerprint density at radius 1 is 1.25 bits per heavy atom. The second-order valence-electron chi connectivity index (χ2n) is 6.53. The lowest BCUT2D eigenvalue weighted by Crippen LogP contribution is -2.54. The number of hydrogen-bond donors (Lipinski definition) is 1. The molecule has 1 aromatic heterocycles. The first-order valence-electron chi connectivity index (χ1n) is 8.08. The first-order valence-corrected chi connectivity index (χ1v) is 8.08. The Hall–Kier alpha value is -1.73. The quantitative estimate of drug-likeness (QED) is 0.911. The van der Waals surface area contributed by atoms with Gasteiger partial charge in [0.1, 0.15) is 0 Å². The van der Waals surface area contributed by atoms with Crippen LogP contribution in [-0.4, -0.2) is 40.0 Å². The number of fused-ring (bicyclic) bond motifs is 1. The molecule has 0 amide bonds. The zero-order valence-electron chi connectivity index (χ0n) is 13.9. The van der Waals surface area contributed by atoms with E-state index in [1.165, 1.54) is 0 Å².